The maximum Gasteiger partial charge on any atom is 0.418 e. The molecule has 2 fully saturated rings. The number of cyclic esters (lactones) is 2. The minimum atomic E-state index is -2.20. The highest BCUT2D eigenvalue weighted by Gasteiger charge is 2.62. The SMILES string of the molecule is O=C1O[C@@H](C(Cl)(Cl)Cl)[C@H]([C@@H]2OC(=O)N(C(=O)c3ccccc3)[C@H]2Cl)N1C(=O)c1ccccc1. The summed E-state index contributed by atoms with van der Waals surface area (Å²) in [6, 6.07) is 14.3. The topological polar surface area (TPSA) is 93.2 Å². The van der Waals surface area contributed by atoms with E-state index in [-0.39, 0.29) is 11.1 Å². The number of amides is 4. The summed E-state index contributed by atoms with van der Waals surface area (Å²) in [6.07, 6.45) is -5.17. The van der Waals surface area contributed by atoms with Crippen LogP contribution in [0.15, 0.2) is 60.7 Å². The quantitative estimate of drug-likeness (QED) is 0.424. The van der Waals surface area contributed by atoms with Gasteiger partial charge in [0.1, 0.15) is 6.04 Å². The van der Waals surface area contributed by atoms with Crippen LogP contribution in [0, 0.1) is 0 Å². The molecule has 0 radical (unpaired) electrons. The third kappa shape index (κ3) is 4.36. The largest absolute Gasteiger partial charge is 0.440 e. The first-order valence-electron chi connectivity index (χ1n) is 9.50. The molecule has 4 atom stereocenters. The molecule has 172 valence electrons. The van der Waals surface area contributed by atoms with E-state index in [9.17, 15) is 19.2 Å². The minimum absolute atomic E-state index is 0.136. The second kappa shape index (κ2) is 9.02. The number of rotatable bonds is 3. The van der Waals surface area contributed by atoms with Gasteiger partial charge < -0.3 is 9.47 Å². The molecular weight excluding hydrogens is 518 g/mol. The predicted molar refractivity (Wildman–Crippen MR) is 119 cm³/mol. The van der Waals surface area contributed by atoms with Crippen molar-refractivity contribution in [3.8, 4) is 0 Å². The summed E-state index contributed by atoms with van der Waals surface area (Å²) in [5, 5.41) is 0. The molecule has 0 saturated carbocycles. The van der Waals surface area contributed by atoms with Gasteiger partial charge in [-0.1, -0.05) is 82.8 Å². The average Bonchev–Trinajstić information content (AvgIpc) is 3.29. The monoisotopic (exact) mass is 530 g/mol. The van der Waals surface area contributed by atoms with Crippen molar-refractivity contribution in [2.24, 2.45) is 0 Å². The lowest BCUT2D eigenvalue weighted by Gasteiger charge is -2.31. The first kappa shape index (κ1) is 23.6. The molecule has 2 heterocycles. The van der Waals surface area contributed by atoms with Crippen LogP contribution in [0.4, 0.5) is 9.59 Å². The first-order chi connectivity index (χ1) is 15.6. The fourth-order valence-corrected chi connectivity index (χ4v) is 4.52. The van der Waals surface area contributed by atoms with E-state index in [1.165, 1.54) is 24.3 Å². The Morgan fingerprint density at radius 1 is 0.758 bits per heavy atom. The van der Waals surface area contributed by atoms with E-state index >= 15 is 0 Å². The molecule has 2 aliphatic rings. The van der Waals surface area contributed by atoms with Crippen LogP contribution in [-0.2, 0) is 9.47 Å². The lowest BCUT2D eigenvalue weighted by atomic mass is 10.0. The summed E-state index contributed by atoms with van der Waals surface area (Å²) in [5.41, 5.74) is -1.13. The van der Waals surface area contributed by atoms with Gasteiger partial charge in [0, 0.05) is 11.1 Å². The number of nitrogens with zero attached hydrogens (tertiary/aromatic N) is 2. The van der Waals surface area contributed by atoms with Crippen molar-refractivity contribution < 1.29 is 28.7 Å². The van der Waals surface area contributed by atoms with Crippen molar-refractivity contribution >= 4 is 70.4 Å². The number of benzene rings is 2. The molecule has 0 unspecified atom stereocenters. The minimum Gasteiger partial charge on any atom is -0.440 e. The molecule has 0 spiro atoms. The summed E-state index contributed by atoms with van der Waals surface area (Å²) in [5.74, 6) is -1.52. The van der Waals surface area contributed by atoms with E-state index in [2.05, 4.69) is 0 Å². The van der Waals surface area contributed by atoms with Crippen molar-refractivity contribution in [1.29, 1.82) is 0 Å². The van der Waals surface area contributed by atoms with E-state index in [0.717, 1.165) is 0 Å². The third-order valence-electron chi connectivity index (χ3n) is 5.12. The molecule has 2 aromatic rings. The van der Waals surface area contributed by atoms with Gasteiger partial charge in [0.2, 0.25) is 3.79 Å². The Labute approximate surface area is 207 Å². The van der Waals surface area contributed by atoms with Gasteiger partial charge in [0.15, 0.2) is 17.7 Å². The standard InChI is InChI=1S/C21H14Cl4N2O6/c22-16-14(32-20(31)27(16)18(29)12-9-5-2-6-10-12)13-15(21(23,24)25)33-19(30)26(13)17(28)11-7-3-1-4-8-11/h1-10,13-16H/t13-,14-,15+,16+/m0/s1. The lowest BCUT2D eigenvalue weighted by Crippen LogP contribution is -2.55. The predicted octanol–water partition coefficient (Wildman–Crippen LogP) is 4.61. The fraction of sp³-hybridized carbons (Fsp3) is 0.238. The zero-order valence-corrected chi connectivity index (χ0v) is 19.5. The molecule has 0 N–H and O–H groups in total. The molecule has 2 aliphatic heterocycles. The van der Waals surface area contributed by atoms with Gasteiger partial charge in [-0.05, 0) is 24.3 Å². The number of alkyl halides is 4. The Balaban J connectivity index is 1.71. The highest BCUT2D eigenvalue weighted by atomic mass is 35.6. The van der Waals surface area contributed by atoms with E-state index < -0.39 is 51.5 Å². The first-order valence-corrected chi connectivity index (χ1v) is 11.1. The average molecular weight is 532 g/mol. The number of halogens is 4. The zero-order valence-electron chi connectivity index (χ0n) is 16.4. The number of hydrogen-bond donors (Lipinski definition) is 0. The summed E-state index contributed by atoms with van der Waals surface area (Å²) >= 11 is 24.5. The molecule has 0 aliphatic carbocycles. The number of carbonyl (C=O) groups excluding carboxylic acids is 4. The van der Waals surface area contributed by atoms with Crippen molar-refractivity contribution in [1.82, 2.24) is 9.80 Å². The van der Waals surface area contributed by atoms with E-state index in [1.807, 2.05) is 0 Å². The maximum absolute atomic E-state index is 13.2. The molecule has 8 nitrogen and oxygen atoms in total. The van der Waals surface area contributed by atoms with Crippen LogP contribution in [0.3, 0.4) is 0 Å². The summed E-state index contributed by atoms with van der Waals surface area (Å²) in [4.78, 5) is 52.7. The fourth-order valence-electron chi connectivity index (χ4n) is 3.63. The Bertz CT molecular complexity index is 1090. The van der Waals surface area contributed by atoms with Gasteiger partial charge >= 0.3 is 12.2 Å². The van der Waals surface area contributed by atoms with Crippen molar-refractivity contribution in [3.05, 3.63) is 71.8 Å². The van der Waals surface area contributed by atoms with Crippen LogP contribution in [-0.4, -0.2) is 61.3 Å². The normalized spacial score (nSPS) is 25.1. The molecule has 0 aromatic heterocycles. The van der Waals surface area contributed by atoms with Crippen molar-refractivity contribution in [3.63, 3.8) is 0 Å². The highest BCUT2D eigenvalue weighted by Crippen LogP contribution is 2.43. The second-order valence-corrected chi connectivity index (χ2v) is 9.96. The van der Waals surface area contributed by atoms with Crippen molar-refractivity contribution in [2.75, 3.05) is 0 Å². The van der Waals surface area contributed by atoms with Gasteiger partial charge in [-0.3, -0.25) is 9.59 Å². The molecular formula is C21H14Cl4N2O6. The molecule has 2 saturated heterocycles. The number of carbonyl (C=O) groups is 4. The van der Waals surface area contributed by atoms with Crippen LogP contribution < -0.4 is 0 Å². The van der Waals surface area contributed by atoms with E-state index in [4.69, 9.17) is 55.9 Å². The van der Waals surface area contributed by atoms with Gasteiger partial charge in [-0.25, -0.2) is 19.4 Å². The van der Waals surface area contributed by atoms with Crippen LogP contribution in [0.5, 0.6) is 0 Å². The molecule has 2 aromatic carbocycles. The van der Waals surface area contributed by atoms with Gasteiger partial charge in [-0.2, -0.15) is 0 Å². The molecule has 33 heavy (non-hydrogen) atoms. The lowest BCUT2D eigenvalue weighted by molar-refractivity contribution is 0.0496. The Morgan fingerprint density at radius 2 is 1.21 bits per heavy atom. The highest BCUT2D eigenvalue weighted by molar-refractivity contribution is 6.68. The second-order valence-electron chi connectivity index (χ2n) is 7.14. The Morgan fingerprint density at radius 3 is 1.70 bits per heavy atom. The van der Waals surface area contributed by atoms with Crippen LogP contribution >= 0.6 is 46.4 Å². The molecule has 4 rings (SSSR count). The molecule has 0 bridgehead atoms. The van der Waals surface area contributed by atoms with Crippen LogP contribution in [0.1, 0.15) is 20.7 Å². The van der Waals surface area contributed by atoms with Crippen LogP contribution in [0.25, 0.3) is 0 Å². The third-order valence-corrected chi connectivity index (χ3v) is 6.21. The van der Waals surface area contributed by atoms with Gasteiger partial charge in [-0.15, -0.1) is 0 Å². The van der Waals surface area contributed by atoms with E-state index in [0.29, 0.717) is 9.80 Å². The van der Waals surface area contributed by atoms with Gasteiger partial charge in [0.05, 0.1) is 0 Å². The van der Waals surface area contributed by atoms with Crippen molar-refractivity contribution in [2.45, 2.75) is 27.5 Å². The summed E-state index contributed by atoms with van der Waals surface area (Å²) in [7, 11) is 0. The molecule has 12 heteroatoms. The summed E-state index contributed by atoms with van der Waals surface area (Å²) < 4.78 is 8.32. The zero-order chi connectivity index (χ0) is 23.9. The summed E-state index contributed by atoms with van der Waals surface area (Å²) in [6.45, 7) is 0. The maximum atomic E-state index is 13.2. The molecule has 4 amide bonds. The number of ether oxygens (including phenoxy) is 2. The smallest absolute Gasteiger partial charge is 0.418 e. The Hall–Kier alpha value is -2.52. The number of hydrogen-bond acceptors (Lipinski definition) is 6. The van der Waals surface area contributed by atoms with Gasteiger partial charge in [0.25, 0.3) is 11.8 Å². The number of imide groups is 2. The van der Waals surface area contributed by atoms with Crippen LogP contribution in [0.2, 0.25) is 0 Å². The van der Waals surface area contributed by atoms with E-state index in [1.54, 1.807) is 36.4 Å². The Kier molecular flexibility index (Phi) is 6.46.